The lowest BCUT2D eigenvalue weighted by atomic mass is 10.1. The number of halogens is 1. The Balaban J connectivity index is 1.48. The molecule has 11 heteroatoms. The first-order valence-corrected chi connectivity index (χ1v) is 16.0. The van der Waals surface area contributed by atoms with Crippen LogP contribution in [0.2, 0.25) is 5.02 Å². The van der Waals surface area contributed by atoms with E-state index in [4.69, 9.17) is 21.1 Å². The minimum absolute atomic E-state index is 0.108. The monoisotopic (exact) mass is 649 g/mol. The second-order valence-corrected chi connectivity index (χ2v) is 11.6. The lowest BCUT2D eigenvalue weighted by Gasteiger charge is -2.22. The van der Waals surface area contributed by atoms with Crippen molar-refractivity contribution >= 4 is 63.8 Å². The summed E-state index contributed by atoms with van der Waals surface area (Å²) in [5.74, 6) is -1.22. The van der Waals surface area contributed by atoms with Crippen molar-refractivity contribution in [3.8, 4) is 5.75 Å². The number of rotatable bonds is 14. The number of unbranched alkanes of at least 4 members (excludes halogenated alkanes) is 1. The van der Waals surface area contributed by atoms with E-state index in [0.717, 1.165) is 53.8 Å². The average Bonchev–Trinajstić information content (AvgIpc) is 3.30. The fraction of sp³-hybridized carbons (Fsp3) is 0.294. The van der Waals surface area contributed by atoms with Crippen molar-refractivity contribution < 1.29 is 28.7 Å². The van der Waals surface area contributed by atoms with Crippen LogP contribution in [0.25, 0.3) is 6.08 Å². The maximum Gasteiger partial charge on any atom is 0.339 e. The molecule has 9 nitrogen and oxygen atoms in total. The number of carbonyl (C=O) groups is 4. The smallest absolute Gasteiger partial charge is 0.339 e. The van der Waals surface area contributed by atoms with Gasteiger partial charge in [0.25, 0.3) is 11.1 Å². The first-order chi connectivity index (χ1) is 21.7. The molecule has 3 amide bonds. The lowest BCUT2D eigenvalue weighted by molar-refractivity contribution is -0.127. The number of ether oxygens (including phenoxy) is 2. The molecule has 3 aromatic carbocycles. The van der Waals surface area contributed by atoms with E-state index in [0.29, 0.717) is 17.9 Å². The summed E-state index contributed by atoms with van der Waals surface area (Å²) in [5, 5.41) is 2.25. The summed E-state index contributed by atoms with van der Waals surface area (Å²) in [4.78, 5) is 54.7. The van der Waals surface area contributed by atoms with E-state index in [9.17, 15) is 19.2 Å². The normalized spacial score (nSPS) is 13.7. The topological polar surface area (TPSA) is 105 Å². The fourth-order valence-corrected chi connectivity index (χ4v) is 5.58. The van der Waals surface area contributed by atoms with E-state index in [2.05, 4.69) is 24.1 Å². The van der Waals surface area contributed by atoms with Gasteiger partial charge in [-0.25, -0.2) is 4.79 Å². The molecule has 1 aliphatic rings. The molecular formula is C34H36ClN3O6S. The summed E-state index contributed by atoms with van der Waals surface area (Å²) in [7, 11) is 0. The second-order valence-electron chi connectivity index (χ2n) is 10.2. The SMILES string of the molecule is CCCCOC(=O)c1cc(NC(=O)CN2C(=O)S/C(=C/c3ccc(N(CC)CC)cc3OCc3ccccc3)C2=O)ccc1Cl. The predicted molar refractivity (Wildman–Crippen MR) is 179 cm³/mol. The maximum atomic E-state index is 13.3. The fourth-order valence-electron chi connectivity index (χ4n) is 4.56. The number of carbonyl (C=O) groups excluding carboxylic acids is 4. The Hall–Kier alpha value is -4.28. The molecule has 4 rings (SSSR count). The summed E-state index contributed by atoms with van der Waals surface area (Å²) in [5.41, 5.74) is 2.99. The molecule has 1 N–H and O–H groups in total. The molecule has 0 unspecified atom stereocenters. The highest BCUT2D eigenvalue weighted by molar-refractivity contribution is 8.18. The highest BCUT2D eigenvalue weighted by atomic mass is 35.5. The van der Waals surface area contributed by atoms with Crippen LogP contribution in [0.4, 0.5) is 16.2 Å². The molecule has 45 heavy (non-hydrogen) atoms. The average molecular weight is 650 g/mol. The molecule has 0 aromatic heterocycles. The molecule has 0 bridgehead atoms. The Bertz CT molecular complexity index is 1580. The summed E-state index contributed by atoms with van der Waals surface area (Å²) in [6.07, 6.45) is 3.20. The number of esters is 1. The maximum absolute atomic E-state index is 13.3. The molecule has 0 radical (unpaired) electrons. The van der Waals surface area contributed by atoms with Gasteiger partial charge in [0.2, 0.25) is 5.91 Å². The third-order valence-electron chi connectivity index (χ3n) is 7.03. The number of nitrogens with one attached hydrogen (secondary N) is 1. The largest absolute Gasteiger partial charge is 0.488 e. The van der Waals surface area contributed by atoms with Crippen LogP contribution in [0.1, 0.15) is 55.1 Å². The van der Waals surface area contributed by atoms with E-state index in [1.807, 2.05) is 55.5 Å². The van der Waals surface area contributed by atoms with Gasteiger partial charge in [-0.2, -0.15) is 0 Å². The Morgan fingerprint density at radius 3 is 2.47 bits per heavy atom. The zero-order valence-corrected chi connectivity index (χ0v) is 27.1. The van der Waals surface area contributed by atoms with Gasteiger partial charge in [0.1, 0.15) is 18.9 Å². The van der Waals surface area contributed by atoms with E-state index >= 15 is 0 Å². The van der Waals surface area contributed by atoms with Crippen LogP contribution in [0.15, 0.2) is 71.6 Å². The molecular weight excluding hydrogens is 614 g/mol. The van der Waals surface area contributed by atoms with E-state index in [1.54, 1.807) is 6.08 Å². The molecule has 0 atom stereocenters. The van der Waals surface area contributed by atoms with Crippen molar-refractivity contribution in [1.82, 2.24) is 4.90 Å². The number of hydrogen-bond acceptors (Lipinski definition) is 8. The quantitative estimate of drug-likeness (QED) is 0.109. The van der Waals surface area contributed by atoms with Crippen molar-refractivity contribution in [3.63, 3.8) is 0 Å². The highest BCUT2D eigenvalue weighted by Gasteiger charge is 2.36. The Kier molecular flexibility index (Phi) is 12.1. The van der Waals surface area contributed by atoms with Crippen LogP contribution < -0.4 is 15.0 Å². The van der Waals surface area contributed by atoms with Gasteiger partial charge in [-0.05, 0) is 74.0 Å². The third-order valence-corrected chi connectivity index (χ3v) is 8.26. The standard InChI is InChI=1S/C34H36ClN3O6S/c1-4-7-17-43-33(41)27-19-25(14-16-28(27)35)36-31(39)21-38-32(40)30(45-34(38)42)18-24-13-15-26(37(5-2)6-3)20-29(24)44-22-23-11-9-8-10-12-23/h8-16,18-20H,4-7,17,21-22H2,1-3H3,(H,36,39)/b30-18+. The predicted octanol–water partition coefficient (Wildman–Crippen LogP) is 7.40. The molecule has 1 heterocycles. The van der Waals surface area contributed by atoms with Gasteiger partial charge in [-0.3, -0.25) is 19.3 Å². The highest BCUT2D eigenvalue weighted by Crippen LogP contribution is 2.35. The summed E-state index contributed by atoms with van der Waals surface area (Å²) < 4.78 is 11.4. The molecule has 0 aliphatic carbocycles. The Morgan fingerprint density at radius 2 is 1.76 bits per heavy atom. The number of thioether (sulfide) groups is 1. The first-order valence-electron chi connectivity index (χ1n) is 14.8. The summed E-state index contributed by atoms with van der Waals surface area (Å²) >= 11 is 6.93. The minimum Gasteiger partial charge on any atom is -0.488 e. The van der Waals surface area contributed by atoms with E-state index in [1.165, 1.54) is 18.2 Å². The molecule has 0 saturated carbocycles. The molecule has 3 aromatic rings. The number of imide groups is 1. The minimum atomic E-state index is -0.610. The number of hydrogen-bond donors (Lipinski definition) is 1. The van der Waals surface area contributed by atoms with Gasteiger partial charge in [0, 0.05) is 36.1 Å². The van der Waals surface area contributed by atoms with Gasteiger partial charge < -0.3 is 19.7 Å². The Morgan fingerprint density at radius 1 is 1.00 bits per heavy atom. The molecule has 1 aliphatic heterocycles. The number of anilines is 2. The van der Waals surface area contributed by atoms with Gasteiger partial charge in [-0.15, -0.1) is 0 Å². The van der Waals surface area contributed by atoms with Crippen molar-refractivity contribution in [1.29, 1.82) is 0 Å². The molecule has 0 spiro atoms. The summed E-state index contributed by atoms with van der Waals surface area (Å²) in [6, 6.07) is 19.9. The van der Waals surface area contributed by atoms with Crippen molar-refractivity contribution in [2.75, 3.05) is 36.5 Å². The van der Waals surface area contributed by atoms with Crippen molar-refractivity contribution in [2.24, 2.45) is 0 Å². The first kappa shape index (κ1) is 33.6. The van der Waals surface area contributed by atoms with Crippen molar-refractivity contribution in [3.05, 3.63) is 93.3 Å². The van der Waals surface area contributed by atoms with Gasteiger partial charge in [0.15, 0.2) is 0 Å². The van der Waals surface area contributed by atoms with Crippen LogP contribution in [0, 0.1) is 0 Å². The summed E-state index contributed by atoms with van der Waals surface area (Å²) in [6.45, 7) is 7.84. The van der Waals surface area contributed by atoms with Crippen LogP contribution in [0.3, 0.4) is 0 Å². The van der Waals surface area contributed by atoms with Crippen molar-refractivity contribution in [2.45, 2.75) is 40.2 Å². The number of benzene rings is 3. The van der Waals surface area contributed by atoms with Crippen LogP contribution in [-0.4, -0.2) is 54.2 Å². The molecule has 1 saturated heterocycles. The van der Waals surface area contributed by atoms with E-state index in [-0.39, 0.29) is 27.8 Å². The zero-order chi connectivity index (χ0) is 32.3. The number of amides is 3. The van der Waals surface area contributed by atoms with Crippen LogP contribution in [-0.2, 0) is 20.9 Å². The Labute approximate surface area is 272 Å². The number of nitrogens with zero attached hydrogens (tertiary/aromatic N) is 2. The van der Waals surface area contributed by atoms with Gasteiger partial charge in [0.05, 0.1) is 22.1 Å². The third kappa shape index (κ3) is 8.89. The van der Waals surface area contributed by atoms with Crippen LogP contribution >= 0.6 is 23.4 Å². The second kappa shape index (κ2) is 16.2. The lowest BCUT2D eigenvalue weighted by Crippen LogP contribution is -2.36. The van der Waals surface area contributed by atoms with Gasteiger partial charge in [-0.1, -0.05) is 55.3 Å². The molecule has 236 valence electrons. The van der Waals surface area contributed by atoms with E-state index < -0.39 is 29.6 Å². The van der Waals surface area contributed by atoms with Crippen LogP contribution in [0.5, 0.6) is 5.75 Å². The molecule has 1 fully saturated rings. The van der Waals surface area contributed by atoms with Gasteiger partial charge >= 0.3 is 5.97 Å². The zero-order valence-electron chi connectivity index (χ0n) is 25.5.